The summed E-state index contributed by atoms with van der Waals surface area (Å²) in [6.45, 7) is 4.83. The first kappa shape index (κ1) is 19.8. The van der Waals surface area contributed by atoms with Gasteiger partial charge in [0.25, 0.3) is 0 Å². The van der Waals surface area contributed by atoms with E-state index in [9.17, 15) is 9.59 Å². The number of nitriles is 1. The van der Waals surface area contributed by atoms with E-state index in [-0.39, 0.29) is 13.0 Å². The van der Waals surface area contributed by atoms with Crippen molar-refractivity contribution in [1.29, 1.82) is 5.26 Å². The Kier molecular flexibility index (Phi) is 7.05. The fourth-order valence-electron chi connectivity index (χ4n) is 1.88. The highest BCUT2D eigenvalue weighted by Gasteiger charge is 2.31. The third kappa shape index (κ3) is 6.47. The van der Waals surface area contributed by atoms with Gasteiger partial charge in [-0.15, -0.1) is 0 Å². The molecule has 1 aromatic carbocycles. The van der Waals surface area contributed by atoms with Crippen molar-refractivity contribution < 1.29 is 19.1 Å². The Morgan fingerprint density at radius 2 is 1.88 bits per heavy atom. The van der Waals surface area contributed by atoms with E-state index in [0.29, 0.717) is 5.02 Å². The molecule has 1 aromatic rings. The minimum atomic E-state index is -0.908. The molecular formula is C17H21ClN2O4. The first-order chi connectivity index (χ1) is 11.1. The third-order valence-corrected chi connectivity index (χ3v) is 3.29. The summed E-state index contributed by atoms with van der Waals surface area (Å²) in [4.78, 5) is 25.6. The van der Waals surface area contributed by atoms with Crippen molar-refractivity contribution in [1.82, 2.24) is 4.90 Å². The molecule has 1 unspecified atom stereocenters. The summed E-state index contributed by atoms with van der Waals surface area (Å²) < 4.78 is 10.2. The molecule has 24 heavy (non-hydrogen) atoms. The Hall–Kier alpha value is -2.26. The molecule has 0 saturated carbocycles. The van der Waals surface area contributed by atoms with Crippen molar-refractivity contribution in [2.75, 3.05) is 13.7 Å². The van der Waals surface area contributed by atoms with E-state index in [1.54, 1.807) is 51.1 Å². The molecule has 0 heterocycles. The number of amides is 1. The van der Waals surface area contributed by atoms with Crippen LogP contribution in [0.5, 0.6) is 0 Å². The van der Waals surface area contributed by atoms with E-state index in [1.165, 1.54) is 11.9 Å². The number of nitrogens with zero attached hydrogens (tertiary/aromatic N) is 2. The Morgan fingerprint density at radius 1 is 1.29 bits per heavy atom. The highest BCUT2D eigenvalue weighted by Crippen LogP contribution is 2.16. The second-order valence-corrected chi connectivity index (χ2v) is 6.64. The van der Waals surface area contributed by atoms with Crippen molar-refractivity contribution in [3.8, 4) is 6.07 Å². The van der Waals surface area contributed by atoms with Crippen molar-refractivity contribution in [2.24, 2.45) is 0 Å². The molecule has 0 radical (unpaired) electrons. The van der Waals surface area contributed by atoms with E-state index >= 15 is 0 Å². The predicted octanol–water partition coefficient (Wildman–Crippen LogP) is 3.18. The number of hydrogen-bond acceptors (Lipinski definition) is 5. The van der Waals surface area contributed by atoms with Crippen molar-refractivity contribution in [2.45, 2.75) is 38.8 Å². The molecule has 0 aliphatic rings. The van der Waals surface area contributed by atoms with Crippen LogP contribution in [0.25, 0.3) is 0 Å². The average Bonchev–Trinajstić information content (AvgIpc) is 2.49. The monoisotopic (exact) mass is 352 g/mol. The molecule has 130 valence electrons. The number of benzene rings is 1. The minimum absolute atomic E-state index is 0.219. The number of hydrogen-bond donors (Lipinski definition) is 0. The van der Waals surface area contributed by atoms with Crippen LogP contribution in [0.2, 0.25) is 5.02 Å². The van der Waals surface area contributed by atoms with Crippen LogP contribution in [0.4, 0.5) is 4.79 Å². The number of likely N-dealkylation sites (N-methyl/N-ethyl adjacent to an activating group) is 1. The van der Waals surface area contributed by atoms with Gasteiger partial charge in [-0.1, -0.05) is 23.7 Å². The largest absolute Gasteiger partial charge is 0.449 e. The van der Waals surface area contributed by atoms with Crippen LogP contribution in [0.3, 0.4) is 0 Å². The molecule has 1 atom stereocenters. The van der Waals surface area contributed by atoms with Gasteiger partial charge in [0.05, 0.1) is 0 Å². The summed E-state index contributed by atoms with van der Waals surface area (Å²) in [5.74, 6) is -0.667. The maximum absolute atomic E-state index is 12.2. The molecule has 0 N–H and O–H groups in total. The van der Waals surface area contributed by atoms with Crippen LogP contribution >= 0.6 is 11.6 Å². The highest BCUT2D eigenvalue weighted by molar-refractivity contribution is 6.30. The zero-order chi connectivity index (χ0) is 18.3. The smallest absolute Gasteiger partial charge is 0.410 e. The molecule has 0 aliphatic carbocycles. The van der Waals surface area contributed by atoms with Gasteiger partial charge in [0.15, 0.2) is 6.61 Å². The second kappa shape index (κ2) is 8.55. The SMILES string of the molecule is CN(C(=O)OC(C)(C)C)C(Cc1ccc(Cl)cc1)C(=O)OCC#N. The summed E-state index contributed by atoms with van der Waals surface area (Å²) >= 11 is 5.85. The maximum atomic E-state index is 12.2. The highest BCUT2D eigenvalue weighted by atomic mass is 35.5. The molecule has 6 nitrogen and oxygen atoms in total. The van der Waals surface area contributed by atoms with Crippen LogP contribution in [0, 0.1) is 11.3 Å². The molecule has 0 saturated heterocycles. The zero-order valence-electron chi connectivity index (χ0n) is 14.2. The molecular weight excluding hydrogens is 332 g/mol. The number of halogens is 1. The van der Waals surface area contributed by atoms with E-state index in [0.717, 1.165) is 5.56 Å². The van der Waals surface area contributed by atoms with E-state index in [4.69, 9.17) is 26.3 Å². The third-order valence-electron chi connectivity index (χ3n) is 3.04. The lowest BCUT2D eigenvalue weighted by Gasteiger charge is -2.29. The Bertz CT molecular complexity index is 617. The van der Waals surface area contributed by atoms with Crippen LogP contribution in [0.1, 0.15) is 26.3 Å². The molecule has 7 heteroatoms. The van der Waals surface area contributed by atoms with Gasteiger partial charge in [-0.05, 0) is 38.5 Å². The molecule has 0 spiro atoms. The van der Waals surface area contributed by atoms with E-state index in [2.05, 4.69) is 0 Å². The minimum Gasteiger partial charge on any atom is -0.449 e. The summed E-state index contributed by atoms with van der Waals surface area (Å²) in [6.07, 6.45) is -0.424. The lowest BCUT2D eigenvalue weighted by atomic mass is 10.1. The molecule has 0 bridgehead atoms. The fraction of sp³-hybridized carbons (Fsp3) is 0.471. The van der Waals surface area contributed by atoms with Crippen molar-refractivity contribution >= 4 is 23.7 Å². The van der Waals surface area contributed by atoms with Crippen LogP contribution < -0.4 is 0 Å². The molecule has 0 fully saturated rings. The molecule has 0 aromatic heterocycles. The van der Waals surface area contributed by atoms with Gasteiger partial charge >= 0.3 is 12.1 Å². The van der Waals surface area contributed by atoms with Gasteiger partial charge in [-0.2, -0.15) is 5.26 Å². The van der Waals surface area contributed by atoms with Gasteiger partial charge in [-0.3, -0.25) is 4.90 Å². The van der Waals surface area contributed by atoms with Crippen LogP contribution in [-0.4, -0.2) is 42.3 Å². The fourth-order valence-corrected chi connectivity index (χ4v) is 2.01. The number of ether oxygens (including phenoxy) is 2. The van der Waals surface area contributed by atoms with Gasteiger partial charge in [-0.25, -0.2) is 9.59 Å². The van der Waals surface area contributed by atoms with Gasteiger partial charge in [0.1, 0.15) is 17.7 Å². The van der Waals surface area contributed by atoms with Gasteiger partial charge < -0.3 is 9.47 Å². The predicted molar refractivity (Wildman–Crippen MR) is 89.5 cm³/mol. The molecule has 0 aliphatic heterocycles. The maximum Gasteiger partial charge on any atom is 0.410 e. The molecule has 1 amide bonds. The standard InChI is InChI=1S/C17H21ClN2O4/c1-17(2,3)24-16(22)20(4)14(15(21)23-10-9-19)11-12-5-7-13(18)8-6-12/h5-8,14H,10-11H2,1-4H3. The number of rotatable bonds is 5. The average molecular weight is 353 g/mol. The number of esters is 1. The number of carbonyl (C=O) groups excluding carboxylic acids is 2. The van der Waals surface area contributed by atoms with Crippen LogP contribution in [-0.2, 0) is 20.7 Å². The normalized spacial score (nSPS) is 12.0. The van der Waals surface area contributed by atoms with E-state index < -0.39 is 23.7 Å². The summed E-state index contributed by atoms with van der Waals surface area (Å²) in [5, 5.41) is 9.14. The second-order valence-electron chi connectivity index (χ2n) is 6.20. The number of carbonyl (C=O) groups is 2. The quantitative estimate of drug-likeness (QED) is 0.760. The lowest BCUT2D eigenvalue weighted by Crippen LogP contribution is -2.46. The van der Waals surface area contributed by atoms with Crippen molar-refractivity contribution in [3.05, 3.63) is 34.9 Å². The van der Waals surface area contributed by atoms with E-state index in [1.807, 2.05) is 0 Å². The van der Waals surface area contributed by atoms with Crippen LogP contribution in [0.15, 0.2) is 24.3 Å². The Morgan fingerprint density at radius 3 is 2.38 bits per heavy atom. The first-order valence-corrected chi connectivity index (χ1v) is 7.75. The topological polar surface area (TPSA) is 79.6 Å². The lowest BCUT2D eigenvalue weighted by molar-refractivity contribution is -0.147. The molecule has 1 rings (SSSR count). The van der Waals surface area contributed by atoms with Gasteiger partial charge in [0, 0.05) is 18.5 Å². The zero-order valence-corrected chi connectivity index (χ0v) is 15.0. The Balaban J connectivity index is 2.95. The van der Waals surface area contributed by atoms with Crippen molar-refractivity contribution in [3.63, 3.8) is 0 Å². The summed E-state index contributed by atoms with van der Waals surface area (Å²) in [7, 11) is 1.46. The Labute approximate surface area is 146 Å². The first-order valence-electron chi connectivity index (χ1n) is 7.38. The summed E-state index contributed by atoms with van der Waals surface area (Å²) in [5.41, 5.74) is 0.112. The van der Waals surface area contributed by atoms with Gasteiger partial charge in [0.2, 0.25) is 0 Å². The summed E-state index contributed by atoms with van der Waals surface area (Å²) in [6, 6.07) is 7.74.